The van der Waals surface area contributed by atoms with Crippen molar-refractivity contribution in [3.05, 3.63) is 24.7 Å². The van der Waals surface area contributed by atoms with Crippen molar-refractivity contribution in [2.75, 3.05) is 24.5 Å². The first-order valence-corrected chi connectivity index (χ1v) is 10.5. The van der Waals surface area contributed by atoms with Gasteiger partial charge < -0.3 is 29.9 Å². The minimum Gasteiger partial charge on any atom is -0.507 e. The van der Waals surface area contributed by atoms with Crippen molar-refractivity contribution in [1.82, 2.24) is 30.7 Å². The number of phenolic OH excluding ortho intramolecular Hbond substituents is 1. The Bertz CT molecular complexity index is 1200. The van der Waals surface area contributed by atoms with E-state index in [2.05, 4.69) is 30.7 Å². The lowest BCUT2D eigenvalue weighted by Gasteiger charge is -2.36. The standard InChI is InChI=1S/C21H21N7O6/c29-10-33-18-13(12-6-24-25-7-12)5-15(31)17(19(18)34-11-30)14-8-23-20(27-26-14)28-4-3-22-16(9-28)21(32)1-2-21/h5-8,10-11,16,22,31-32H,1-4,9H2,(H,24,25). The van der Waals surface area contributed by atoms with Crippen molar-refractivity contribution in [2.24, 2.45) is 0 Å². The fourth-order valence-electron chi connectivity index (χ4n) is 4.11. The Hall–Kier alpha value is -4.10. The molecule has 0 spiro atoms. The highest BCUT2D eigenvalue weighted by Crippen LogP contribution is 2.49. The van der Waals surface area contributed by atoms with E-state index < -0.39 is 5.60 Å². The summed E-state index contributed by atoms with van der Waals surface area (Å²) in [4.78, 5) is 28.7. The average Bonchev–Trinajstić information content (AvgIpc) is 3.38. The molecule has 3 heterocycles. The average molecular weight is 467 g/mol. The largest absolute Gasteiger partial charge is 0.507 e. The Kier molecular flexibility index (Phi) is 5.55. The van der Waals surface area contributed by atoms with Gasteiger partial charge >= 0.3 is 0 Å². The zero-order valence-corrected chi connectivity index (χ0v) is 17.8. The fourth-order valence-corrected chi connectivity index (χ4v) is 4.11. The number of nitrogens with zero attached hydrogens (tertiary/aromatic N) is 5. The number of benzene rings is 1. The normalized spacial score (nSPS) is 18.9. The van der Waals surface area contributed by atoms with E-state index in [9.17, 15) is 19.8 Å². The number of H-pyrrole nitrogens is 1. The molecule has 2 fully saturated rings. The van der Waals surface area contributed by atoms with Crippen molar-refractivity contribution in [2.45, 2.75) is 24.5 Å². The van der Waals surface area contributed by atoms with Gasteiger partial charge in [0.2, 0.25) is 5.95 Å². The van der Waals surface area contributed by atoms with E-state index in [-0.39, 0.29) is 53.1 Å². The third kappa shape index (κ3) is 3.91. The first-order chi connectivity index (χ1) is 16.5. The predicted molar refractivity (Wildman–Crippen MR) is 116 cm³/mol. The summed E-state index contributed by atoms with van der Waals surface area (Å²) in [6, 6.07) is 1.25. The highest BCUT2D eigenvalue weighted by Gasteiger charge is 2.49. The number of ether oxygens (including phenoxy) is 2. The van der Waals surface area contributed by atoms with E-state index in [1.165, 1.54) is 24.7 Å². The van der Waals surface area contributed by atoms with Gasteiger partial charge in [-0.2, -0.15) is 5.10 Å². The molecule has 5 rings (SSSR count). The maximum atomic E-state index is 11.2. The second kappa shape index (κ2) is 8.68. The number of nitrogens with one attached hydrogen (secondary N) is 2. The van der Waals surface area contributed by atoms with E-state index in [1.54, 1.807) is 0 Å². The van der Waals surface area contributed by atoms with Crippen LogP contribution in [0.2, 0.25) is 0 Å². The summed E-state index contributed by atoms with van der Waals surface area (Å²) in [7, 11) is 0. The van der Waals surface area contributed by atoms with Crippen LogP contribution < -0.4 is 19.7 Å². The molecule has 1 aliphatic heterocycles. The highest BCUT2D eigenvalue weighted by molar-refractivity contribution is 5.87. The molecule has 1 atom stereocenters. The van der Waals surface area contributed by atoms with Crippen LogP contribution in [0.3, 0.4) is 0 Å². The number of rotatable bonds is 8. The topological polar surface area (TPSA) is 176 Å². The van der Waals surface area contributed by atoms with Gasteiger partial charge in [-0.05, 0) is 18.9 Å². The van der Waals surface area contributed by atoms with Crippen molar-refractivity contribution in [3.63, 3.8) is 0 Å². The summed E-state index contributed by atoms with van der Waals surface area (Å²) in [5.74, 6) is -0.269. The lowest BCUT2D eigenvalue weighted by Crippen LogP contribution is -2.57. The van der Waals surface area contributed by atoms with Crippen LogP contribution in [0, 0.1) is 0 Å². The molecule has 0 amide bonds. The molecule has 1 aliphatic carbocycles. The molecule has 34 heavy (non-hydrogen) atoms. The molecule has 1 unspecified atom stereocenters. The maximum Gasteiger partial charge on any atom is 0.298 e. The maximum absolute atomic E-state index is 11.2. The summed E-state index contributed by atoms with van der Waals surface area (Å²) in [5.41, 5.74) is 0.138. The van der Waals surface area contributed by atoms with Crippen LogP contribution in [0.25, 0.3) is 22.4 Å². The number of piperazine rings is 1. The van der Waals surface area contributed by atoms with Gasteiger partial charge in [0.15, 0.2) is 11.5 Å². The summed E-state index contributed by atoms with van der Waals surface area (Å²) in [5, 5.41) is 39.4. The van der Waals surface area contributed by atoms with Crippen LogP contribution in [0.15, 0.2) is 24.7 Å². The van der Waals surface area contributed by atoms with Crippen molar-refractivity contribution >= 4 is 18.9 Å². The lowest BCUT2D eigenvalue weighted by molar-refractivity contribution is -0.123. The number of hydrogen-bond donors (Lipinski definition) is 4. The van der Waals surface area contributed by atoms with Crippen LogP contribution in [0.4, 0.5) is 5.95 Å². The second-order valence-corrected chi connectivity index (χ2v) is 8.09. The number of carbonyl (C=O) groups excluding carboxylic acids is 2. The number of anilines is 1. The van der Waals surface area contributed by atoms with Gasteiger partial charge in [0.1, 0.15) is 11.4 Å². The first-order valence-electron chi connectivity index (χ1n) is 10.5. The van der Waals surface area contributed by atoms with Gasteiger partial charge in [-0.1, -0.05) is 0 Å². The van der Waals surface area contributed by atoms with Gasteiger partial charge in [0, 0.05) is 37.0 Å². The molecule has 176 valence electrons. The molecule has 4 N–H and O–H groups in total. The molecule has 2 aliphatic rings. The Morgan fingerprint density at radius 3 is 2.59 bits per heavy atom. The van der Waals surface area contributed by atoms with Gasteiger partial charge in [-0.3, -0.25) is 14.7 Å². The number of aromatic nitrogens is 5. The number of phenols is 1. The Morgan fingerprint density at radius 1 is 1.15 bits per heavy atom. The molecular formula is C21H21N7O6. The third-order valence-corrected chi connectivity index (χ3v) is 6.03. The molecule has 2 aromatic heterocycles. The second-order valence-electron chi connectivity index (χ2n) is 8.09. The Labute approximate surface area is 192 Å². The molecule has 13 nitrogen and oxygen atoms in total. The third-order valence-electron chi connectivity index (χ3n) is 6.03. The van der Waals surface area contributed by atoms with E-state index in [1.807, 2.05) is 4.90 Å². The van der Waals surface area contributed by atoms with Gasteiger partial charge in [-0.25, -0.2) is 4.98 Å². The van der Waals surface area contributed by atoms with Crippen molar-refractivity contribution in [3.8, 4) is 39.6 Å². The van der Waals surface area contributed by atoms with E-state index in [0.29, 0.717) is 31.1 Å². The monoisotopic (exact) mass is 467 g/mol. The van der Waals surface area contributed by atoms with E-state index in [0.717, 1.165) is 12.8 Å². The number of hydrogen-bond acceptors (Lipinski definition) is 12. The van der Waals surface area contributed by atoms with Crippen LogP contribution in [0.1, 0.15) is 12.8 Å². The lowest BCUT2D eigenvalue weighted by atomic mass is 10.0. The summed E-state index contributed by atoms with van der Waals surface area (Å²) < 4.78 is 10.2. The fraction of sp³-hybridized carbons (Fsp3) is 0.333. The van der Waals surface area contributed by atoms with Crippen molar-refractivity contribution < 1.29 is 29.3 Å². The zero-order chi connectivity index (χ0) is 23.7. The number of aliphatic hydroxyl groups is 1. The SMILES string of the molecule is O=COc1c(-c2cn[nH]c2)cc(O)c(-c2cnc(N3CCNC(C4(O)CC4)C3)nn2)c1OC=O. The van der Waals surface area contributed by atoms with Crippen molar-refractivity contribution in [1.29, 1.82) is 0 Å². The van der Waals surface area contributed by atoms with Crippen LogP contribution in [0.5, 0.6) is 17.2 Å². The van der Waals surface area contributed by atoms with Crippen LogP contribution in [-0.4, -0.2) is 79.8 Å². The van der Waals surface area contributed by atoms with Gasteiger partial charge in [0.05, 0.1) is 29.6 Å². The molecule has 3 aromatic rings. The zero-order valence-electron chi connectivity index (χ0n) is 17.8. The quantitative estimate of drug-likeness (QED) is 0.327. The smallest absolute Gasteiger partial charge is 0.298 e. The minimum absolute atomic E-state index is 0.0202. The Morgan fingerprint density at radius 2 is 1.94 bits per heavy atom. The van der Waals surface area contributed by atoms with Gasteiger partial charge in [-0.15, -0.1) is 10.2 Å². The molecule has 1 saturated carbocycles. The molecule has 13 heteroatoms. The molecule has 0 radical (unpaired) electrons. The van der Waals surface area contributed by atoms with Gasteiger partial charge in [0.25, 0.3) is 12.9 Å². The predicted octanol–water partition coefficient (Wildman–Crippen LogP) is 0.00780. The van der Waals surface area contributed by atoms with Crippen LogP contribution >= 0.6 is 0 Å². The minimum atomic E-state index is -0.690. The molecule has 0 bridgehead atoms. The van der Waals surface area contributed by atoms with Crippen LogP contribution in [-0.2, 0) is 9.59 Å². The first kappa shape index (κ1) is 21.7. The number of aromatic hydroxyl groups is 1. The summed E-state index contributed by atoms with van der Waals surface area (Å²) >= 11 is 0. The highest BCUT2D eigenvalue weighted by atomic mass is 16.6. The summed E-state index contributed by atoms with van der Waals surface area (Å²) in [6.07, 6.45) is 5.86. The number of aromatic amines is 1. The van der Waals surface area contributed by atoms with E-state index >= 15 is 0 Å². The summed E-state index contributed by atoms with van der Waals surface area (Å²) in [6.45, 7) is 2.15. The Balaban J connectivity index is 1.51. The molecular weight excluding hydrogens is 446 g/mol. The number of carbonyl (C=O) groups is 2. The molecule has 1 aromatic carbocycles. The van der Waals surface area contributed by atoms with E-state index in [4.69, 9.17) is 9.47 Å². The molecule has 1 saturated heterocycles.